The highest BCUT2D eigenvalue weighted by Crippen LogP contribution is 2.32. The molecule has 12 heteroatoms. The van der Waals surface area contributed by atoms with Gasteiger partial charge in [0.15, 0.2) is 0 Å². The highest BCUT2D eigenvalue weighted by molar-refractivity contribution is 7.91. The van der Waals surface area contributed by atoms with E-state index in [4.69, 9.17) is 17.2 Å². The Hall–Kier alpha value is -3.38. The first kappa shape index (κ1) is 27.2. The summed E-state index contributed by atoms with van der Waals surface area (Å²) in [6.45, 7) is 0.282. The number of alkyl halides is 2. The minimum Gasteiger partial charge on any atom is -0.386 e. The Morgan fingerprint density at radius 1 is 1.08 bits per heavy atom. The fraction of sp³-hybridized carbons (Fsp3) is 0.375. The van der Waals surface area contributed by atoms with Crippen LogP contribution < -0.4 is 22.5 Å². The van der Waals surface area contributed by atoms with Crippen molar-refractivity contribution >= 4 is 39.2 Å². The van der Waals surface area contributed by atoms with Crippen LogP contribution in [0.5, 0.6) is 0 Å². The monoisotopic (exact) mass is 520 g/mol. The van der Waals surface area contributed by atoms with Gasteiger partial charge < -0.3 is 22.5 Å². The zero-order valence-corrected chi connectivity index (χ0v) is 20.4. The molecule has 0 heterocycles. The van der Waals surface area contributed by atoms with Crippen molar-refractivity contribution in [1.82, 2.24) is 0 Å². The third-order valence-electron chi connectivity index (χ3n) is 6.22. The van der Waals surface area contributed by atoms with E-state index in [1.54, 1.807) is 0 Å². The van der Waals surface area contributed by atoms with E-state index in [0.717, 1.165) is 30.7 Å². The van der Waals surface area contributed by atoms with E-state index in [-0.39, 0.29) is 24.1 Å². The van der Waals surface area contributed by atoms with Crippen molar-refractivity contribution in [3.05, 3.63) is 54.6 Å². The highest BCUT2D eigenvalue weighted by Gasteiger charge is 2.34. The standard InChI is InChI=1S/C24H30F2N6O3S/c25-23(26)36(34,35)19-8-6-17(7-9-19)32-21(28)20(22(29)33)14-30-24(15-27)12-10-18(11-13-24)31-16-4-2-1-3-5-16/h1-9,14,18,20,23,31H,10-13,15,27H2,(H2,28,32)(H2,29,33). The summed E-state index contributed by atoms with van der Waals surface area (Å²) < 4.78 is 48.5. The molecular weight excluding hydrogens is 490 g/mol. The zero-order valence-electron chi connectivity index (χ0n) is 19.6. The first-order chi connectivity index (χ1) is 17.1. The number of halogens is 2. The molecule has 0 bridgehead atoms. The zero-order chi connectivity index (χ0) is 26.3. The van der Waals surface area contributed by atoms with Crippen LogP contribution in [0.4, 0.5) is 20.2 Å². The molecule has 36 heavy (non-hydrogen) atoms. The lowest BCUT2D eigenvalue weighted by molar-refractivity contribution is -0.118. The molecule has 3 rings (SSSR count). The quantitative estimate of drug-likeness (QED) is 0.278. The van der Waals surface area contributed by atoms with Crippen LogP contribution in [0.25, 0.3) is 0 Å². The number of aliphatic imine (C=N–C) groups is 2. The molecule has 2 aromatic rings. The van der Waals surface area contributed by atoms with Gasteiger partial charge in [0.05, 0.1) is 16.1 Å². The van der Waals surface area contributed by atoms with Crippen LogP contribution in [-0.2, 0) is 14.6 Å². The maximum absolute atomic E-state index is 12.7. The number of amides is 1. The number of carbonyl (C=O) groups excluding carboxylic acids is 1. The van der Waals surface area contributed by atoms with E-state index in [9.17, 15) is 22.0 Å². The number of nitrogens with two attached hydrogens (primary N) is 3. The second kappa shape index (κ2) is 11.6. The fourth-order valence-corrected chi connectivity index (χ4v) is 4.74. The minimum atomic E-state index is -4.73. The molecule has 1 aliphatic rings. The number of carbonyl (C=O) groups is 1. The van der Waals surface area contributed by atoms with Gasteiger partial charge in [-0.2, -0.15) is 8.78 Å². The van der Waals surface area contributed by atoms with E-state index in [1.165, 1.54) is 18.3 Å². The van der Waals surface area contributed by atoms with Gasteiger partial charge in [-0.25, -0.2) is 13.4 Å². The van der Waals surface area contributed by atoms with E-state index in [1.807, 2.05) is 30.3 Å². The van der Waals surface area contributed by atoms with Gasteiger partial charge in [-0.3, -0.25) is 9.79 Å². The Kier molecular flexibility index (Phi) is 8.75. The number of nitrogens with zero attached hydrogens (tertiary/aromatic N) is 2. The molecule has 1 aliphatic carbocycles. The Balaban J connectivity index is 1.70. The fourth-order valence-electron chi connectivity index (χ4n) is 4.02. The van der Waals surface area contributed by atoms with Crippen molar-refractivity contribution in [3.63, 3.8) is 0 Å². The molecule has 2 aromatic carbocycles. The summed E-state index contributed by atoms with van der Waals surface area (Å²) in [5.74, 6) is -5.60. The summed E-state index contributed by atoms with van der Waals surface area (Å²) in [5, 5.41) is 3.51. The van der Waals surface area contributed by atoms with Crippen LogP contribution in [0.3, 0.4) is 0 Å². The maximum atomic E-state index is 12.7. The van der Waals surface area contributed by atoms with Crippen LogP contribution in [0.1, 0.15) is 25.7 Å². The van der Waals surface area contributed by atoms with Crippen LogP contribution in [0.2, 0.25) is 0 Å². The van der Waals surface area contributed by atoms with Gasteiger partial charge in [-0.05, 0) is 62.1 Å². The van der Waals surface area contributed by atoms with Gasteiger partial charge in [-0.15, -0.1) is 0 Å². The van der Waals surface area contributed by atoms with Gasteiger partial charge in [0.25, 0.3) is 0 Å². The molecular formula is C24H30F2N6O3S. The van der Waals surface area contributed by atoms with Crippen molar-refractivity contribution in [2.45, 2.75) is 47.9 Å². The van der Waals surface area contributed by atoms with E-state index in [0.29, 0.717) is 12.8 Å². The molecule has 1 fully saturated rings. The third-order valence-corrected chi connectivity index (χ3v) is 7.62. The van der Waals surface area contributed by atoms with Crippen molar-refractivity contribution in [3.8, 4) is 0 Å². The SMILES string of the molecule is NCC1(N=CC(C(N)=O)C(N)=Nc2ccc(S(=O)(=O)C(F)F)cc2)CCC(Nc2ccccc2)CC1. The lowest BCUT2D eigenvalue weighted by Gasteiger charge is -2.37. The molecule has 0 aliphatic heterocycles. The molecule has 1 unspecified atom stereocenters. The van der Waals surface area contributed by atoms with E-state index < -0.39 is 37.9 Å². The topological polar surface area (TPSA) is 166 Å². The van der Waals surface area contributed by atoms with Gasteiger partial charge >= 0.3 is 5.76 Å². The molecule has 9 nitrogen and oxygen atoms in total. The molecule has 0 spiro atoms. The maximum Gasteiger partial charge on any atom is 0.341 e. The van der Waals surface area contributed by atoms with Crippen molar-refractivity contribution in [2.24, 2.45) is 33.1 Å². The largest absolute Gasteiger partial charge is 0.386 e. The first-order valence-corrected chi connectivity index (χ1v) is 12.9. The Bertz CT molecular complexity index is 1200. The molecule has 7 N–H and O–H groups in total. The van der Waals surface area contributed by atoms with Gasteiger partial charge in [0.1, 0.15) is 11.8 Å². The Morgan fingerprint density at radius 2 is 1.69 bits per heavy atom. The average Bonchev–Trinajstić information content (AvgIpc) is 2.86. The second-order valence-electron chi connectivity index (χ2n) is 8.71. The van der Waals surface area contributed by atoms with E-state index in [2.05, 4.69) is 15.3 Å². The Labute approximate surface area is 208 Å². The predicted octanol–water partition coefficient (Wildman–Crippen LogP) is 2.60. The van der Waals surface area contributed by atoms with Crippen LogP contribution >= 0.6 is 0 Å². The minimum absolute atomic E-state index is 0.165. The van der Waals surface area contributed by atoms with Gasteiger partial charge in [0, 0.05) is 24.5 Å². The van der Waals surface area contributed by atoms with E-state index >= 15 is 0 Å². The number of rotatable bonds is 10. The number of hydrogen-bond donors (Lipinski definition) is 4. The molecule has 1 amide bonds. The molecule has 1 atom stereocenters. The number of primary amides is 1. The highest BCUT2D eigenvalue weighted by atomic mass is 32.2. The molecule has 1 saturated carbocycles. The smallest absolute Gasteiger partial charge is 0.341 e. The summed E-state index contributed by atoms with van der Waals surface area (Å²) in [6.07, 6.45) is 4.43. The van der Waals surface area contributed by atoms with Crippen LogP contribution in [0.15, 0.2) is 69.5 Å². The number of hydrogen-bond acceptors (Lipinski definition) is 7. The van der Waals surface area contributed by atoms with Gasteiger partial charge in [0.2, 0.25) is 15.7 Å². The lowest BCUT2D eigenvalue weighted by Crippen LogP contribution is -2.44. The summed E-state index contributed by atoms with van der Waals surface area (Å²) in [5.41, 5.74) is 18.2. The van der Waals surface area contributed by atoms with Crippen molar-refractivity contribution < 1.29 is 22.0 Å². The first-order valence-electron chi connectivity index (χ1n) is 11.4. The number of nitrogens with one attached hydrogen (secondary N) is 1. The summed E-state index contributed by atoms with van der Waals surface area (Å²) in [4.78, 5) is 20.2. The number of anilines is 1. The molecule has 0 radical (unpaired) electrons. The number of sulfone groups is 1. The third kappa shape index (κ3) is 6.64. The Morgan fingerprint density at radius 3 is 2.22 bits per heavy atom. The van der Waals surface area contributed by atoms with Crippen LogP contribution in [-0.4, -0.2) is 50.3 Å². The summed E-state index contributed by atoms with van der Waals surface area (Å²) in [7, 11) is -4.73. The number of benzene rings is 2. The predicted molar refractivity (Wildman–Crippen MR) is 136 cm³/mol. The average molecular weight is 521 g/mol. The molecule has 0 saturated heterocycles. The van der Waals surface area contributed by atoms with Crippen LogP contribution in [0, 0.1) is 5.92 Å². The molecule has 194 valence electrons. The summed E-state index contributed by atoms with van der Waals surface area (Å²) in [6, 6.07) is 14.6. The van der Waals surface area contributed by atoms with Crippen molar-refractivity contribution in [1.29, 1.82) is 0 Å². The number of para-hydroxylation sites is 1. The normalized spacial score (nSPS) is 22.0. The van der Waals surface area contributed by atoms with Gasteiger partial charge in [-0.1, -0.05) is 18.2 Å². The number of amidine groups is 1. The lowest BCUT2D eigenvalue weighted by atomic mass is 9.79. The van der Waals surface area contributed by atoms with Crippen molar-refractivity contribution in [2.75, 3.05) is 11.9 Å². The second-order valence-corrected chi connectivity index (χ2v) is 10.6. The summed E-state index contributed by atoms with van der Waals surface area (Å²) >= 11 is 0. The molecule has 0 aromatic heterocycles.